The molecule has 7 heteroatoms. The van der Waals surface area contributed by atoms with Crippen molar-refractivity contribution in [2.75, 3.05) is 5.32 Å². The van der Waals surface area contributed by atoms with Crippen molar-refractivity contribution in [2.45, 2.75) is 6.54 Å². The van der Waals surface area contributed by atoms with Gasteiger partial charge in [-0.15, -0.1) is 0 Å². The molecule has 0 heterocycles. The number of hydrogen-bond donors (Lipinski definition) is 2. The zero-order valence-corrected chi connectivity index (χ0v) is 11.5. The number of nitrogens with one attached hydrogen (secondary N) is 1. The molecule has 0 radical (unpaired) electrons. The van der Waals surface area contributed by atoms with Gasteiger partial charge in [-0.1, -0.05) is 11.6 Å². The Hall–Kier alpha value is -2.60. The van der Waals surface area contributed by atoms with Crippen LogP contribution in [0.1, 0.15) is 15.9 Å². The topological polar surface area (TPSA) is 92.5 Å². The fourth-order valence-corrected chi connectivity index (χ4v) is 1.91. The molecule has 2 N–H and O–H groups in total. The van der Waals surface area contributed by atoms with Gasteiger partial charge in [-0.05, 0) is 36.4 Å². The zero-order valence-electron chi connectivity index (χ0n) is 10.7. The first-order valence-electron chi connectivity index (χ1n) is 5.97. The summed E-state index contributed by atoms with van der Waals surface area (Å²) in [5.74, 6) is -1.20. The lowest BCUT2D eigenvalue weighted by Crippen LogP contribution is -2.05. The minimum absolute atomic E-state index is 0.114. The molecule has 2 aromatic carbocycles. The van der Waals surface area contributed by atoms with Crippen molar-refractivity contribution >= 4 is 28.9 Å². The van der Waals surface area contributed by atoms with Crippen LogP contribution in [0, 0.1) is 10.1 Å². The predicted molar refractivity (Wildman–Crippen MR) is 78.8 cm³/mol. The quantitative estimate of drug-likeness (QED) is 0.651. The number of halogens is 1. The molecule has 0 amide bonds. The maximum atomic E-state index is 11.0. The molecule has 0 saturated carbocycles. The molecule has 0 aromatic heterocycles. The van der Waals surface area contributed by atoms with Crippen molar-refractivity contribution in [2.24, 2.45) is 0 Å². The molecule has 0 aliphatic rings. The van der Waals surface area contributed by atoms with Crippen LogP contribution in [0.5, 0.6) is 0 Å². The molecule has 0 unspecified atom stereocenters. The molecule has 0 bridgehead atoms. The van der Waals surface area contributed by atoms with Crippen molar-refractivity contribution in [3.63, 3.8) is 0 Å². The van der Waals surface area contributed by atoms with Crippen LogP contribution < -0.4 is 5.32 Å². The van der Waals surface area contributed by atoms with Crippen molar-refractivity contribution < 1.29 is 14.8 Å². The SMILES string of the molecule is O=C(O)c1ccc(CNc2ccc(Cl)cc2)c([N+](=O)[O-])c1. The van der Waals surface area contributed by atoms with E-state index in [0.717, 1.165) is 11.8 Å². The third kappa shape index (κ3) is 3.70. The molecule has 108 valence electrons. The second kappa shape index (κ2) is 6.23. The second-order valence-corrected chi connectivity index (χ2v) is 4.70. The predicted octanol–water partition coefficient (Wildman–Crippen LogP) is 3.56. The normalized spacial score (nSPS) is 10.1. The van der Waals surface area contributed by atoms with Crippen LogP contribution in [0.2, 0.25) is 5.02 Å². The molecule has 2 rings (SSSR count). The first kappa shape index (κ1) is 14.8. The average molecular weight is 307 g/mol. The van der Waals surface area contributed by atoms with Gasteiger partial charge in [-0.25, -0.2) is 4.79 Å². The van der Waals surface area contributed by atoms with Crippen molar-refractivity contribution in [3.8, 4) is 0 Å². The second-order valence-electron chi connectivity index (χ2n) is 4.27. The van der Waals surface area contributed by atoms with Crippen LogP contribution in [0.3, 0.4) is 0 Å². The van der Waals surface area contributed by atoms with E-state index in [-0.39, 0.29) is 17.8 Å². The van der Waals surface area contributed by atoms with E-state index in [1.165, 1.54) is 12.1 Å². The lowest BCUT2D eigenvalue weighted by molar-refractivity contribution is -0.385. The Morgan fingerprint density at radius 2 is 1.90 bits per heavy atom. The smallest absolute Gasteiger partial charge is 0.335 e. The Bertz CT molecular complexity index is 686. The van der Waals surface area contributed by atoms with Crippen LogP contribution >= 0.6 is 11.6 Å². The number of nitro groups is 1. The monoisotopic (exact) mass is 306 g/mol. The van der Waals surface area contributed by atoms with Crippen LogP contribution in [0.4, 0.5) is 11.4 Å². The number of carbonyl (C=O) groups is 1. The zero-order chi connectivity index (χ0) is 15.4. The largest absolute Gasteiger partial charge is 0.478 e. The minimum Gasteiger partial charge on any atom is -0.478 e. The van der Waals surface area contributed by atoms with Gasteiger partial charge in [0.15, 0.2) is 0 Å². The molecule has 6 nitrogen and oxygen atoms in total. The number of rotatable bonds is 5. The lowest BCUT2D eigenvalue weighted by Gasteiger charge is -2.08. The maximum absolute atomic E-state index is 11.0. The summed E-state index contributed by atoms with van der Waals surface area (Å²) in [6.45, 7) is 0.206. The number of aromatic carboxylic acids is 1. The summed E-state index contributed by atoms with van der Waals surface area (Å²) in [5, 5.41) is 23.5. The lowest BCUT2D eigenvalue weighted by atomic mass is 10.1. The summed E-state index contributed by atoms with van der Waals surface area (Å²) in [6, 6.07) is 10.7. The standard InChI is InChI=1S/C14H11ClN2O4/c15-11-3-5-12(6-4-11)16-8-10-2-1-9(14(18)19)7-13(10)17(20)21/h1-7,16H,8H2,(H,18,19). The number of carboxylic acids is 1. The van der Waals surface area contributed by atoms with Crippen LogP contribution in [-0.4, -0.2) is 16.0 Å². The molecule has 21 heavy (non-hydrogen) atoms. The van der Waals surface area contributed by atoms with Crippen LogP contribution in [-0.2, 0) is 6.54 Å². The first-order valence-corrected chi connectivity index (χ1v) is 6.35. The van der Waals surface area contributed by atoms with Crippen molar-refractivity contribution in [1.29, 1.82) is 0 Å². The van der Waals surface area contributed by atoms with Crippen molar-refractivity contribution in [1.82, 2.24) is 0 Å². The van der Waals surface area contributed by atoms with Crippen molar-refractivity contribution in [3.05, 3.63) is 68.7 Å². The van der Waals surface area contributed by atoms with E-state index < -0.39 is 10.9 Å². The number of hydrogen-bond acceptors (Lipinski definition) is 4. The average Bonchev–Trinajstić information content (AvgIpc) is 2.46. The van der Waals surface area contributed by atoms with Gasteiger partial charge in [0.2, 0.25) is 0 Å². The molecule has 0 atom stereocenters. The van der Waals surface area contributed by atoms with E-state index >= 15 is 0 Å². The highest BCUT2D eigenvalue weighted by Gasteiger charge is 2.16. The van der Waals surface area contributed by atoms with Gasteiger partial charge < -0.3 is 10.4 Å². The summed E-state index contributed by atoms with van der Waals surface area (Å²) in [6.07, 6.45) is 0. The molecule has 0 saturated heterocycles. The number of nitro benzene ring substituents is 1. The van der Waals surface area contributed by atoms with Gasteiger partial charge in [-0.2, -0.15) is 0 Å². The fraction of sp³-hybridized carbons (Fsp3) is 0.0714. The maximum Gasteiger partial charge on any atom is 0.335 e. The van der Waals surface area contributed by atoms with Gasteiger partial charge in [0.1, 0.15) is 0 Å². The summed E-state index contributed by atoms with van der Waals surface area (Å²) in [4.78, 5) is 21.3. The third-order valence-corrected chi connectivity index (χ3v) is 3.11. The molecular formula is C14H11ClN2O4. The fourth-order valence-electron chi connectivity index (χ4n) is 1.78. The molecule has 0 aliphatic carbocycles. The number of carboxylic acid groups (broad SMARTS) is 1. The van der Waals surface area contributed by atoms with E-state index in [2.05, 4.69) is 5.32 Å². The Kier molecular flexibility index (Phi) is 4.39. The molecule has 0 spiro atoms. The molecule has 2 aromatic rings. The number of anilines is 1. The number of benzene rings is 2. The van der Waals surface area contributed by atoms with E-state index in [9.17, 15) is 14.9 Å². The van der Waals surface area contributed by atoms with Gasteiger partial charge >= 0.3 is 5.97 Å². The third-order valence-electron chi connectivity index (χ3n) is 2.86. The van der Waals surface area contributed by atoms with Crippen LogP contribution in [0.25, 0.3) is 0 Å². The Balaban J connectivity index is 2.21. The van der Waals surface area contributed by atoms with E-state index in [1.807, 2.05) is 0 Å². The Labute approximate surface area is 125 Å². The summed E-state index contributed by atoms with van der Waals surface area (Å²) in [7, 11) is 0. The van der Waals surface area contributed by atoms with Crippen LogP contribution in [0.15, 0.2) is 42.5 Å². The molecule has 0 aliphatic heterocycles. The number of nitrogens with zero attached hydrogens (tertiary/aromatic N) is 1. The highest BCUT2D eigenvalue weighted by Crippen LogP contribution is 2.22. The summed E-state index contributed by atoms with van der Waals surface area (Å²) >= 11 is 5.77. The molecule has 0 fully saturated rings. The van der Waals surface area contributed by atoms with Gasteiger partial charge in [-0.3, -0.25) is 10.1 Å². The van der Waals surface area contributed by atoms with Gasteiger partial charge in [0, 0.05) is 28.9 Å². The summed E-state index contributed by atoms with van der Waals surface area (Å²) < 4.78 is 0. The highest BCUT2D eigenvalue weighted by molar-refractivity contribution is 6.30. The minimum atomic E-state index is -1.20. The van der Waals surface area contributed by atoms with Gasteiger partial charge in [0.25, 0.3) is 5.69 Å². The highest BCUT2D eigenvalue weighted by atomic mass is 35.5. The molecular weight excluding hydrogens is 296 g/mol. The van der Waals surface area contributed by atoms with E-state index in [1.54, 1.807) is 24.3 Å². The van der Waals surface area contributed by atoms with Gasteiger partial charge in [0.05, 0.1) is 10.5 Å². The van der Waals surface area contributed by atoms with E-state index in [0.29, 0.717) is 10.6 Å². The summed E-state index contributed by atoms with van der Waals surface area (Å²) in [5.41, 5.74) is 0.823. The Morgan fingerprint density at radius 1 is 1.24 bits per heavy atom. The first-order chi connectivity index (χ1) is 9.97. The Morgan fingerprint density at radius 3 is 2.48 bits per heavy atom. The van der Waals surface area contributed by atoms with E-state index in [4.69, 9.17) is 16.7 Å².